The smallest absolute Gasteiger partial charge is 0.270 e. The van der Waals surface area contributed by atoms with E-state index in [1.165, 1.54) is 18.2 Å². The summed E-state index contributed by atoms with van der Waals surface area (Å²) >= 11 is 0. The Kier molecular flexibility index (Phi) is 4.54. The summed E-state index contributed by atoms with van der Waals surface area (Å²) in [6, 6.07) is 4.20. The van der Waals surface area contributed by atoms with E-state index in [1.54, 1.807) is 19.4 Å². The van der Waals surface area contributed by atoms with Crippen molar-refractivity contribution in [2.45, 2.75) is 33.1 Å². The van der Waals surface area contributed by atoms with Gasteiger partial charge in [-0.2, -0.15) is 0 Å². The summed E-state index contributed by atoms with van der Waals surface area (Å²) in [6.07, 6.45) is 2.57. The molecule has 1 N–H and O–H groups in total. The first kappa shape index (κ1) is 15.0. The average Bonchev–Trinajstić information content (AvgIpc) is 2.92. The van der Waals surface area contributed by atoms with Gasteiger partial charge in [0.2, 0.25) is 0 Å². The molecule has 21 heavy (non-hydrogen) atoms. The normalized spacial score (nSPS) is 12.1. The summed E-state index contributed by atoms with van der Waals surface area (Å²) in [5.41, 5.74) is 1.22. The third-order valence-corrected chi connectivity index (χ3v) is 3.17. The van der Waals surface area contributed by atoms with Gasteiger partial charge in [-0.1, -0.05) is 0 Å². The second-order valence-electron chi connectivity index (χ2n) is 4.61. The fraction of sp³-hybridized carbons (Fsp3) is 0.357. The van der Waals surface area contributed by atoms with E-state index in [-0.39, 0.29) is 12.3 Å². The molecular weight excluding hydrogens is 274 g/mol. The van der Waals surface area contributed by atoms with E-state index in [9.17, 15) is 15.2 Å². The van der Waals surface area contributed by atoms with Crippen LogP contribution in [-0.2, 0) is 13.2 Å². The van der Waals surface area contributed by atoms with Crippen LogP contribution < -0.4 is 4.74 Å². The molecule has 1 aromatic carbocycles. The van der Waals surface area contributed by atoms with Crippen molar-refractivity contribution in [3.63, 3.8) is 0 Å². The minimum absolute atomic E-state index is 0.0724. The summed E-state index contributed by atoms with van der Waals surface area (Å²) in [6.45, 7) is 4.61. The van der Waals surface area contributed by atoms with Gasteiger partial charge in [0.15, 0.2) is 0 Å². The Bertz CT molecular complexity index is 637. The summed E-state index contributed by atoms with van der Waals surface area (Å²) in [5, 5.41) is 20.5. The van der Waals surface area contributed by atoms with Gasteiger partial charge in [-0.05, 0) is 19.9 Å². The van der Waals surface area contributed by atoms with Crippen molar-refractivity contribution in [2.24, 2.45) is 0 Å². The van der Waals surface area contributed by atoms with Crippen molar-refractivity contribution < 1.29 is 14.8 Å². The predicted octanol–water partition coefficient (Wildman–Crippen LogP) is 2.44. The number of aliphatic hydroxyl groups excluding tert-OH is 1. The number of aliphatic hydroxyl groups is 1. The van der Waals surface area contributed by atoms with E-state index >= 15 is 0 Å². The number of nitrogens with zero attached hydrogens (tertiary/aromatic N) is 3. The fourth-order valence-corrected chi connectivity index (χ4v) is 2.01. The van der Waals surface area contributed by atoms with Gasteiger partial charge in [0.05, 0.1) is 29.2 Å². The monoisotopic (exact) mass is 291 g/mol. The first-order chi connectivity index (χ1) is 10.0. The minimum atomic E-state index is -0.851. The Morgan fingerprint density at radius 1 is 1.52 bits per heavy atom. The van der Waals surface area contributed by atoms with Gasteiger partial charge >= 0.3 is 0 Å². The van der Waals surface area contributed by atoms with Crippen LogP contribution in [-0.4, -0.2) is 19.6 Å². The summed E-state index contributed by atoms with van der Waals surface area (Å²) in [5.74, 6) is 0.430. The molecule has 7 heteroatoms. The third kappa shape index (κ3) is 3.38. The molecule has 112 valence electrons. The van der Waals surface area contributed by atoms with E-state index in [0.717, 1.165) is 12.2 Å². The maximum Gasteiger partial charge on any atom is 0.270 e. The van der Waals surface area contributed by atoms with Crippen molar-refractivity contribution in [2.75, 3.05) is 0 Å². The predicted molar refractivity (Wildman–Crippen MR) is 76.0 cm³/mol. The Balaban J connectivity index is 2.21. The highest BCUT2D eigenvalue weighted by molar-refractivity contribution is 5.44. The summed E-state index contributed by atoms with van der Waals surface area (Å²) < 4.78 is 7.61. The van der Waals surface area contributed by atoms with Crippen molar-refractivity contribution in [3.8, 4) is 5.75 Å². The molecule has 0 aliphatic carbocycles. The number of hydrogen-bond donors (Lipinski definition) is 1. The molecule has 0 saturated heterocycles. The zero-order valence-electron chi connectivity index (χ0n) is 11.9. The molecule has 0 radical (unpaired) electrons. The Hall–Kier alpha value is -2.41. The fourth-order valence-electron chi connectivity index (χ4n) is 2.01. The third-order valence-electron chi connectivity index (χ3n) is 3.17. The van der Waals surface area contributed by atoms with Crippen LogP contribution in [0.2, 0.25) is 0 Å². The molecule has 1 heterocycles. The Morgan fingerprint density at radius 3 is 2.90 bits per heavy atom. The molecule has 0 fully saturated rings. The molecular formula is C14H17N3O4. The standard InChI is InChI=1S/C14H17N3O4/c1-3-16-9-15-7-12(16)8-21-14-5-4-11(17(19)20)6-13(14)10(2)18/h4-7,9-10,18H,3,8H2,1-2H3/t10-/m0/s1. The van der Waals surface area contributed by atoms with Crippen LogP contribution in [0.3, 0.4) is 0 Å². The topological polar surface area (TPSA) is 90.4 Å². The number of non-ortho nitro benzene ring substituents is 1. The van der Waals surface area contributed by atoms with Gasteiger partial charge in [0.25, 0.3) is 5.69 Å². The minimum Gasteiger partial charge on any atom is -0.487 e. The number of nitro benzene ring substituents is 1. The molecule has 0 unspecified atom stereocenters. The number of aromatic nitrogens is 2. The number of imidazole rings is 1. The Labute approximate surface area is 122 Å². The second kappa shape index (κ2) is 6.36. The van der Waals surface area contributed by atoms with E-state index in [2.05, 4.69) is 4.98 Å². The molecule has 0 amide bonds. The lowest BCUT2D eigenvalue weighted by Gasteiger charge is -2.13. The van der Waals surface area contributed by atoms with Gasteiger partial charge in [-0.25, -0.2) is 4.98 Å². The average molecular weight is 291 g/mol. The van der Waals surface area contributed by atoms with Crippen LogP contribution in [0.4, 0.5) is 5.69 Å². The maximum absolute atomic E-state index is 10.8. The highest BCUT2D eigenvalue weighted by Crippen LogP contribution is 2.29. The van der Waals surface area contributed by atoms with Crippen molar-refractivity contribution in [3.05, 3.63) is 52.1 Å². The molecule has 0 aliphatic rings. The quantitative estimate of drug-likeness (QED) is 0.652. The molecule has 2 rings (SSSR count). The van der Waals surface area contributed by atoms with Gasteiger partial charge in [-0.15, -0.1) is 0 Å². The van der Waals surface area contributed by atoms with Crippen LogP contribution in [0, 0.1) is 10.1 Å². The number of hydrogen-bond acceptors (Lipinski definition) is 5. The van der Waals surface area contributed by atoms with Gasteiger partial charge in [0.1, 0.15) is 12.4 Å². The zero-order chi connectivity index (χ0) is 15.4. The number of benzene rings is 1. The highest BCUT2D eigenvalue weighted by atomic mass is 16.6. The SMILES string of the molecule is CCn1cncc1COc1ccc([N+](=O)[O-])cc1[C@H](C)O. The Morgan fingerprint density at radius 2 is 2.29 bits per heavy atom. The molecule has 0 bridgehead atoms. The highest BCUT2D eigenvalue weighted by Gasteiger charge is 2.15. The summed E-state index contributed by atoms with van der Waals surface area (Å²) in [4.78, 5) is 14.3. The van der Waals surface area contributed by atoms with Crippen LogP contribution >= 0.6 is 0 Å². The number of aryl methyl sites for hydroxylation is 1. The van der Waals surface area contributed by atoms with E-state index in [0.29, 0.717) is 11.3 Å². The van der Waals surface area contributed by atoms with E-state index < -0.39 is 11.0 Å². The van der Waals surface area contributed by atoms with E-state index in [4.69, 9.17) is 4.74 Å². The molecule has 1 atom stereocenters. The lowest BCUT2D eigenvalue weighted by molar-refractivity contribution is -0.385. The van der Waals surface area contributed by atoms with Crippen LogP contribution in [0.1, 0.15) is 31.2 Å². The molecule has 7 nitrogen and oxygen atoms in total. The van der Waals surface area contributed by atoms with Crippen molar-refractivity contribution in [1.82, 2.24) is 9.55 Å². The lowest BCUT2D eigenvalue weighted by Crippen LogP contribution is -2.06. The first-order valence-electron chi connectivity index (χ1n) is 6.61. The van der Waals surface area contributed by atoms with Crippen LogP contribution in [0.25, 0.3) is 0 Å². The molecule has 0 aliphatic heterocycles. The van der Waals surface area contributed by atoms with E-state index in [1.807, 2.05) is 11.5 Å². The molecule has 1 aromatic heterocycles. The first-order valence-corrected chi connectivity index (χ1v) is 6.61. The number of rotatable bonds is 6. The second-order valence-corrected chi connectivity index (χ2v) is 4.61. The summed E-state index contributed by atoms with van der Waals surface area (Å²) in [7, 11) is 0. The maximum atomic E-state index is 10.8. The van der Waals surface area contributed by atoms with Gasteiger partial charge in [-0.3, -0.25) is 10.1 Å². The van der Waals surface area contributed by atoms with Gasteiger partial charge in [0, 0.05) is 24.2 Å². The molecule has 2 aromatic rings. The molecule has 0 saturated carbocycles. The van der Waals surface area contributed by atoms with Crippen LogP contribution in [0.5, 0.6) is 5.75 Å². The van der Waals surface area contributed by atoms with Crippen molar-refractivity contribution in [1.29, 1.82) is 0 Å². The largest absolute Gasteiger partial charge is 0.487 e. The van der Waals surface area contributed by atoms with Gasteiger partial charge < -0.3 is 14.4 Å². The van der Waals surface area contributed by atoms with Crippen LogP contribution in [0.15, 0.2) is 30.7 Å². The molecule has 0 spiro atoms. The number of ether oxygens (including phenoxy) is 1. The lowest BCUT2D eigenvalue weighted by atomic mass is 10.1. The zero-order valence-corrected chi connectivity index (χ0v) is 11.9. The van der Waals surface area contributed by atoms with Crippen molar-refractivity contribution >= 4 is 5.69 Å². The number of nitro groups is 1.